The zero-order valence-corrected chi connectivity index (χ0v) is 24.6. The van der Waals surface area contributed by atoms with Crippen molar-refractivity contribution >= 4 is 27.9 Å². The average Bonchev–Trinajstić information content (AvgIpc) is 2.94. The minimum Gasteiger partial charge on any atom is -0.497 e. The van der Waals surface area contributed by atoms with E-state index in [1.54, 1.807) is 36.4 Å². The average molecular weight is 593 g/mol. The number of nitrogens with two attached hydrogens (primary N) is 1. The maximum Gasteiger partial charge on any atom is 0.407 e. The van der Waals surface area contributed by atoms with Gasteiger partial charge in [-0.3, -0.25) is 9.59 Å². The van der Waals surface area contributed by atoms with Crippen LogP contribution in [0.1, 0.15) is 32.8 Å². The van der Waals surface area contributed by atoms with E-state index in [4.69, 9.17) is 15.2 Å². The van der Waals surface area contributed by atoms with Crippen LogP contribution >= 0.6 is 0 Å². The Labute approximate surface area is 241 Å². The highest BCUT2D eigenvalue weighted by molar-refractivity contribution is 7.89. The highest BCUT2D eigenvalue weighted by Crippen LogP contribution is 2.23. The second-order valence-electron chi connectivity index (χ2n) is 9.78. The summed E-state index contributed by atoms with van der Waals surface area (Å²) in [5.74, 6) is -1.08. The summed E-state index contributed by atoms with van der Waals surface area (Å²) in [7, 11) is -2.62. The Balaban J connectivity index is 2.31. The van der Waals surface area contributed by atoms with Crippen LogP contribution in [0.2, 0.25) is 0 Å². The number of aliphatic hydroxyl groups excluding tert-OH is 1. The van der Waals surface area contributed by atoms with Gasteiger partial charge < -0.3 is 30.9 Å². The van der Waals surface area contributed by atoms with Crippen LogP contribution in [0.5, 0.6) is 5.75 Å². The summed E-state index contributed by atoms with van der Waals surface area (Å²) in [5.41, 5.74) is 6.03. The molecule has 226 valence electrons. The number of amides is 3. The van der Waals surface area contributed by atoms with E-state index >= 15 is 0 Å². The molecule has 0 aromatic heterocycles. The molecule has 2 aromatic carbocycles. The van der Waals surface area contributed by atoms with E-state index in [1.807, 2.05) is 19.9 Å². The number of methoxy groups -OCH3 is 1. The van der Waals surface area contributed by atoms with Gasteiger partial charge in [0.25, 0.3) is 0 Å². The van der Waals surface area contributed by atoms with Crippen molar-refractivity contribution in [1.29, 1.82) is 0 Å². The van der Waals surface area contributed by atoms with Gasteiger partial charge in [-0.2, -0.15) is 4.31 Å². The van der Waals surface area contributed by atoms with Gasteiger partial charge in [0.2, 0.25) is 21.8 Å². The first-order chi connectivity index (χ1) is 19.4. The third kappa shape index (κ3) is 10.7. The van der Waals surface area contributed by atoms with Crippen LogP contribution in [0.15, 0.2) is 59.5 Å². The molecule has 41 heavy (non-hydrogen) atoms. The van der Waals surface area contributed by atoms with E-state index in [1.165, 1.54) is 30.5 Å². The van der Waals surface area contributed by atoms with E-state index in [2.05, 4.69) is 10.6 Å². The monoisotopic (exact) mass is 592 g/mol. The number of carbonyl (C=O) groups is 3. The van der Waals surface area contributed by atoms with Crippen molar-refractivity contribution in [2.24, 2.45) is 11.7 Å². The first-order valence-corrected chi connectivity index (χ1v) is 14.7. The number of nitrogens with one attached hydrogen (secondary N) is 2. The van der Waals surface area contributed by atoms with Crippen LogP contribution in [0.3, 0.4) is 0 Å². The molecule has 0 aliphatic rings. The number of alkyl carbamates (subject to hydrolysis) is 1. The van der Waals surface area contributed by atoms with Crippen LogP contribution in [0.25, 0.3) is 0 Å². The van der Waals surface area contributed by atoms with Crippen LogP contribution in [0, 0.1) is 5.92 Å². The molecule has 2 rings (SSSR count). The predicted molar refractivity (Wildman–Crippen MR) is 152 cm³/mol. The lowest BCUT2D eigenvalue weighted by Gasteiger charge is -2.31. The number of hydrogen-bond acceptors (Lipinski definition) is 8. The zero-order chi connectivity index (χ0) is 30.6. The molecule has 0 fully saturated rings. The Hall–Kier alpha value is -3.68. The molecule has 0 aliphatic heterocycles. The smallest absolute Gasteiger partial charge is 0.407 e. The Morgan fingerprint density at radius 2 is 1.73 bits per heavy atom. The lowest BCUT2D eigenvalue weighted by atomic mass is 10.0. The SMILES string of the molecule is CC[C@@H](C)CN(C[C@@H](O)C(Cc1ccccc1)NC(=O)OCC(NC(C)=O)C(N)=O)S(=O)(=O)c1cccc(OC)c1. The van der Waals surface area contributed by atoms with E-state index in [0.717, 1.165) is 5.56 Å². The van der Waals surface area contributed by atoms with E-state index in [-0.39, 0.29) is 30.3 Å². The summed E-state index contributed by atoms with van der Waals surface area (Å²) >= 11 is 0. The minimum atomic E-state index is -4.05. The predicted octanol–water partition coefficient (Wildman–Crippen LogP) is 1.42. The van der Waals surface area contributed by atoms with Crippen molar-refractivity contribution in [2.75, 3.05) is 26.8 Å². The van der Waals surface area contributed by atoms with E-state index in [9.17, 15) is 27.9 Å². The summed E-state index contributed by atoms with van der Waals surface area (Å²) in [6, 6.07) is 12.9. The van der Waals surface area contributed by atoms with E-state index < -0.39 is 52.7 Å². The molecule has 0 radical (unpaired) electrons. The summed E-state index contributed by atoms with van der Waals surface area (Å²) < 4.78 is 38.9. The van der Waals surface area contributed by atoms with Crippen LogP contribution in [-0.2, 0) is 30.8 Å². The standard InChI is InChI=1S/C28H40N4O8S/c1-5-19(2)16-32(41(37,38)23-13-9-12-22(15-23)39-4)17-26(34)24(14-21-10-7-6-8-11-21)31-28(36)40-18-25(27(29)35)30-20(3)33/h6-13,15,19,24-26,34H,5,14,16-18H2,1-4H3,(H2,29,35)(H,30,33)(H,31,36)/t19-,24?,25?,26-/m1/s1. The third-order valence-electron chi connectivity index (χ3n) is 6.45. The number of aliphatic hydroxyl groups is 1. The van der Waals surface area contributed by atoms with Gasteiger partial charge in [-0.05, 0) is 30.0 Å². The molecular formula is C28H40N4O8S. The van der Waals surface area contributed by atoms with Crippen LogP contribution < -0.4 is 21.1 Å². The molecule has 0 saturated carbocycles. The molecule has 4 atom stereocenters. The third-order valence-corrected chi connectivity index (χ3v) is 8.28. The Morgan fingerprint density at radius 1 is 1.05 bits per heavy atom. The number of sulfonamides is 1. The summed E-state index contributed by atoms with van der Waals surface area (Å²) in [4.78, 5) is 35.6. The fourth-order valence-electron chi connectivity index (χ4n) is 3.94. The number of hydrogen-bond donors (Lipinski definition) is 4. The van der Waals surface area contributed by atoms with Gasteiger partial charge in [-0.1, -0.05) is 56.7 Å². The van der Waals surface area contributed by atoms with Gasteiger partial charge in [-0.15, -0.1) is 0 Å². The van der Waals surface area contributed by atoms with Crippen molar-refractivity contribution < 1.29 is 37.4 Å². The fourth-order valence-corrected chi connectivity index (χ4v) is 5.55. The molecule has 0 saturated heterocycles. The Bertz CT molecular complexity index is 1260. The molecule has 0 bridgehead atoms. The molecule has 13 heteroatoms. The Morgan fingerprint density at radius 3 is 2.32 bits per heavy atom. The minimum absolute atomic E-state index is 0.00907. The molecule has 2 aromatic rings. The maximum absolute atomic E-state index is 13.7. The number of nitrogens with zero attached hydrogens (tertiary/aromatic N) is 1. The zero-order valence-electron chi connectivity index (χ0n) is 23.8. The van der Waals surface area contributed by atoms with Gasteiger partial charge in [0, 0.05) is 26.1 Å². The van der Waals surface area contributed by atoms with Gasteiger partial charge >= 0.3 is 6.09 Å². The van der Waals surface area contributed by atoms with Gasteiger partial charge in [0.05, 0.1) is 24.2 Å². The second kappa shape index (κ2) is 15.9. The number of benzene rings is 2. The number of rotatable bonds is 16. The van der Waals surface area contributed by atoms with Gasteiger partial charge in [0.1, 0.15) is 18.4 Å². The van der Waals surface area contributed by atoms with Crippen molar-refractivity contribution in [3.05, 3.63) is 60.2 Å². The van der Waals surface area contributed by atoms with Crippen molar-refractivity contribution in [3.8, 4) is 5.75 Å². The molecule has 12 nitrogen and oxygen atoms in total. The van der Waals surface area contributed by atoms with Crippen molar-refractivity contribution in [3.63, 3.8) is 0 Å². The number of primary amides is 1. The molecule has 0 aliphatic carbocycles. The first-order valence-electron chi connectivity index (χ1n) is 13.2. The lowest BCUT2D eigenvalue weighted by molar-refractivity contribution is -0.127. The summed E-state index contributed by atoms with van der Waals surface area (Å²) in [6.45, 7) is 4.31. The van der Waals surface area contributed by atoms with Gasteiger partial charge in [0.15, 0.2) is 0 Å². The summed E-state index contributed by atoms with van der Waals surface area (Å²) in [6.07, 6.45) is -1.48. The fraction of sp³-hybridized carbons (Fsp3) is 0.464. The van der Waals surface area contributed by atoms with Crippen LogP contribution in [0.4, 0.5) is 4.79 Å². The van der Waals surface area contributed by atoms with Crippen molar-refractivity contribution in [2.45, 2.75) is 56.7 Å². The summed E-state index contributed by atoms with van der Waals surface area (Å²) in [5, 5.41) is 16.2. The molecule has 0 spiro atoms. The van der Waals surface area contributed by atoms with E-state index in [0.29, 0.717) is 12.2 Å². The molecular weight excluding hydrogens is 552 g/mol. The normalized spacial score (nSPS) is 14.4. The topological polar surface area (TPSA) is 177 Å². The lowest BCUT2D eigenvalue weighted by Crippen LogP contribution is -2.52. The van der Waals surface area contributed by atoms with Crippen LogP contribution in [-0.4, -0.2) is 80.7 Å². The molecule has 5 N–H and O–H groups in total. The number of carbonyl (C=O) groups excluding carboxylic acids is 3. The largest absolute Gasteiger partial charge is 0.497 e. The highest BCUT2D eigenvalue weighted by Gasteiger charge is 2.32. The second-order valence-corrected chi connectivity index (χ2v) is 11.7. The quantitative estimate of drug-likeness (QED) is 0.226. The van der Waals surface area contributed by atoms with Crippen molar-refractivity contribution in [1.82, 2.24) is 14.9 Å². The maximum atomic E-state index is 13.7. The highest BCUT2D eigenvalue weighted by atomic mass is 32.2. The van der Waals surface area contributed by atoms with Gasteiger partial charge in [-0.25, -0.2) is 13.2 Å². The molecule has 2 unspecified atom stereocenters. The number of ether oxygens (including phenoxy) is 2. The first kappa shape index (κ1) is 33.5. The molecule has 3 amide bonds. The Kier molecular flexibility index (Phi) is 13.0. The molecule has 0 heterocycles.